The average Bonchev–Trinajstić information content (AvgIpc) is 2.60. The first-order valence-electron chi connectivity index (χ1n) is 7.03. The Kier molecular flexibility index (Phi) is 3.20. The van der Waals surface area contributed by atoms with Gasteiger partial charge in [0.25, 0.3) is 6.04 Å². The van der Waals surface area contributed by atoms with E-state index in [9.17, 15) is 20.0 Å². The molecule has 6 heteroatoms. The summed E-state index contributed by atoms with van der Waals surface area (Å²) in [6.07, 6.45) is 1.40. The number of hydrogen-bond donors (Lipinski definition) is 1. The molecule has 0 aromatic heterocycles. The van der Waals surface area contributed by atoms with E-state index in [0.29, 0.717) is 24.2 Å². The molecule has 0 amide bonds. The van der Waals surface area contributed by atoms with E-state index in [1.807, 2.05) is 0 Å². The highest BCUT2D eigenvalue weighted by Gasteiger charge is 2.67. The predicted molar refractivity (Wildman–Crippen MR) is 73.8 cm³/mol. The molecule has 2 saturated carbocycles. The first-order chi connectivity index (χ1) is 9.99. The number of nitrogens with zero attached hydrogens (tertiary/aromatic N) is 1. The molecule has 6 nitrogen and oxygen atoms in total. The van der Waals surface area contributed by atoms with Crippen LogP contribution in [0.4, 0.5) is 0 Å². The van der Waals surface area contributed by atoms with Gasteiger partial charge in [-0.2, -0.15) is 0 Å². The summed E-state index contributed by atoms with van der Waals surface area (Å²) in [5.74, 6) is -0.847. The summed E-state index contributed by atoms with van der Waals surface area (Å²) in [7, 11) is 1.52. The third-order valence-electron chi connectivity index (χ3n) is 4.81. The summed E-state index contributed by atoms with van der Waals surface area (Å²) >= 11 is 0. The quantitative estimate of drug-likeness (QED) is 0.674. The largest absolute Gasteiger partial charge is 0.497 e. The lowest BCUT2D eigenvalue weighted by atomic mass is 9.82. The number of rotatable bonds is 3. The van der Waals surface area contributed by atoms with Gasteiger partial charge in [0.2, 0.25) is 0 Å². The van der Waals surface area contributed by atoms with Gasteiger partial charge in [0.15, 0.2) is 11.4 Å². The topological polar surface area (TPSA) is 89.7 Å². The SMILES string of the molecule is COc1cccc([C@H]2[C@@H]3CCC[C@@](O)(C3=O)[C@H]2[N+](=O)[O-])c1. The average molecular weight is 291 g/mol. The number of nitro groups is 1. The van der Waals surface area contributed by atoms with E-state index in [2.05, 4.69) is 0 Å². The maximum atomic E-state index is 12.4. The van der Waals surface area contributed by atoms with Crippen molar-refractivity contribution in [1.82, 2.24) is 0 Å². The van der Waals surface area contributed by atoms with Crippen LogP contribution in [-0.2, 0) is 4.79 Å². The van der Waals surface area contributed by atoms with E-state index < -0.39 is 28.4 Å². The summed E-state index contributed by atoms with van der Waals surface area (Å²) in [4.78, 5) is 23.4. The molecular formula is C15H17NO5. The fourth-order valence-electron chi connectivity index (χ4n) is 3.89. The Balaban J connectivity index is 2.10. The van der Waals surface area contributed by atoms with E-state index in [1.165, 1.54) is 7.11 Å². The Morgan fingerprint density at radius 2 is 2.24 bits per heavy atom. The first kappa shape index (κ1) is 14.0. The third-order valence-corrected chi connectivity index (χ3v) is 4.81. The lowest BCUT2D eigenvalue weighted by molar-refractivity contribution is -0.542. The zero-order valence-corrected chi connectivity index (χ0v) is 11.7. The fourth-order valence-corrected chi connectivity index (χ4v) is 3.89. The molecular weight excluding hydrogens is 274 g/mol. The van der Waals surface area contributed by atoms with Gasteiger partial charge < -0.3 is 9.84 Å². The molecule has 112 valence electrons. The number of aliphatic hydroxyl groups is 1. The van der Waals surface area contributed by atoms with E-state index in [0.717, 1.165) is 0 Å². The minimum absolute atomic E-state index is 0.175. The third kappa shape index (κ3) is 1.93. The van der Waals surface area contributed by atoms with Crippen molar-refractivity contribution < 1.29 is 19.6 Å². The van der Waals surface area contributed by atoms with Crippen LogP contribution in [-0.4, -0.2) is 34.6 Å². The zero-order chi connectivity index (χ0) is 15.2. The molecule has 3 rings (SSSR count). The van der Waals surface area contributed by atoms with E-state index >= 15 is 0 Å². The highest BCUT2D eigenvalue weighted by molar-refractivity contribution is 5.94. The number of methoxy groups -OCH3 is 1. The standard InChI is InChI=1S/C15H17NO5/c1-21-10-5-2-4-9(8-10)12-11-6-3-7-15(18,14(11)17)13(12)16(19)20/h2,4-5,8,11-13,18H,3,6-7H2,1H3/t11-,12-,13-,15-/m0/s1. The van der Waals surface area contributed by atoms with E-state index in [-0.39, 0.29) is 12.2 Å². The van der Waals surface area contributed by atoms with Crippen LogP contribution in [0.5, 0.6) is 5.75 Å². The summed E-state index contributed by atoms with van der Waals surface area (Å²) in [6.45, 7) is 0. The Morgan fingerprint density at radius 1 is 1.48 bits per heavy atom. The van der Waals surface area contributed by atoms with Crippen molar-refractivity contribution in [2.24, 2.45) is 5.92 Å². The van der Waals surface area contributed by atoms with Gasteiger partial charge in [-0.25, -0.2) is 0 Å². The number of ether oxygens (including phenoxy) is 1. The number of hydrogen-bond acceptors (Lipinski definition) is 5. The summed E-state index contributed by atoms with van der Waals surface area (Å²) in [6, 6.07) is 5.72. The molecule has 0 aliphatic heterocycles. The lowest BCUT2D eigenvalue weighted by Gasteiger charge is -2.25. The minimum atomic E-state index is -1.82. The highest BCUT2D eigenvalue weighted by Crippen LogP contribution is 2.52. The van der Waals surface area contributed by atoms with Crippen LogP contribution in [0, 0.1) is 16.0 Å². The van der Waals surface area contributed by atoms with Crippen LogP contribution in [0.25, 0.3) is 0 Å². The second-order valence-corrected chi connectivity index (χ2v) is 5.82. The van der Waals surface area contributed by atoms with Crippen molar-refractivity contribution in [1.29, 1.82) is 0 Å². The van der Waals surface area contributed by atoms with Gasteiger partial charge >= 0.3 is 0 Å². The Hall–Kier alpha value is -1.95. The molecule has 2 aliphatic rings. The van der Waals surface area contributed by atoms with Gasteiger partial charge in [-0.15, -0.1) is 0 Å². The number of ketones is 1. The van der Waals surface area contributed by atoms with E-state index in [4.69, 9.17) is 4.74 Å². The minimum Gasteiger partial charge on any atom is -0.497 e. The molecule has 0 saturated heterocycles. The van der Waals surface area contributed by atoms with Gasteiger partial charge in [-0.1, -0.05) is 12.1 Å². The van der Waals surface area contributed by atoms with Crippen molar-refractivity contribution in [2.75, 3.05) is 7.11 Å². The second kappa shape index (κ2) is 4.80. The molecule has 1 N–H and O–H groups in total. The molecule has 0 heterocycles. The van der Waals surface area contributed by atoms with E-state index in [1.54, 1.807) is 24.3 Å². The van der Waals surface area contributed by atoms with Crippen molar-refractivity contribution >= 4 is 5.78 Å². The van der Waals surface area contributed by atoms with Crippen LogP contribution < -0.4 is 4.74 Å². The number of Topliss-reactive ketones (excluding diaryl/α,β-unsaturated/α-hetero) is 1. The van der Waals surface area contributed by atoms with Crippen molar-refractivity contribution in [3.63, 3.8) is 0 Å². The van der Waals surface area contributed by atoms with Crippen LogP contribution in [0.2, 0.25) is 0 Å². The van der Waals surface area contributed by atoms with Gasteiger partial charge in [0.05, 0.1) is 13.0 Å². The molecule has 21 heavy (non-hydrogen) atoms. The Bertz CT molecular complexity index is 601. The summed E-state index contributed by atoms with van der Waals surface area (Å²) < 4.78 is 5.16. The fraction of sp³-hybridized carbons (Fsp3) is 0.533. The number of carbonyl (C=O) groups is 1. The molecule has 2 bridgehead atoms. The smallest absolute Gasteiger partial charge is 0.255 e. The van der Waals surface area contributed by atoms with Crippen molar-refractivity contribution in [3.05, 3.63) is 39.9 Å². The molecule has 0 spiro atoms. The lowest BCUT2D eigenvalue weighted by Crippen LogP contribution is -2.49. The first-order valence-corrected chi connectivity index (χ1v) is 7.03. The monoisotopic (exact) mass is 291 g/mol. The van der Waals surface area contributed by atoms with Crippen LogP contribution >= 0.6 is 0 Å². The molecule has 4 atom stereocenters. The molecule has 0 radical (unpaired) electrons. The van der Waals surface area contributed by atoms with Crippen LogP contribution in [0.3, 0.4) is 0 Å². The maximum Gasteiger partial charge on any atom is 0.255 e. The number of carbonyl (C=O) groups excluding carboxylic acids is 1. The Labute approximate surface area is 121 Å². The van der Waals surface area contributed by atoms with Gasteiger partial charge in [-0.3, -0.25) is 14.9 Å². The van der Waals surface area contributed by atoms with Crippen molar-refractivity contribution in [3.8, 4) is 5.75 Å². The van der Waals surface area contributed by atoms with Crippen LogP contribution in [0.15, 0.2) is 24.3 Å². The van der Waals surface area contributed by atoms with Crippen molar-refractivity contribution in [2.45, 2.75) is 36.8 Å². The normalized spacial score (nSPS) is 34.8. The van der Waals surface area contributed by atoms with Crippen LogP contribution in [0.1, 0.15) is 30.7 Å². The zero-order valence-electron chi connectivity index (χ0n) is 11.7. The molecule has 2 fully saturated rings. The molecule has 1 aromatic rings. The maximum absolute atomic E-state index is 12.4. The Morgan fingerprint density at radius 3 is 2.90 bits per heavy atom. The van der Waals surface area contributed by atoms with Gasteiger partial charge in [0, 0.05) is 10.8 Å². The molecule has 2 aliphatic carbocycles. The second-order valence-electron chi connectivity index (χ2n) is 5.82. The summed E-state index contributed by atoms with van der Waals surface area (Å²) in [5, 5.41) is 22.1. The molecule has 1 aromatic carbocycles. The summed E-state index contributed by atoms with van der Waals surface area (Å²) in [5.41, 5.74) is -1.13. The predicted octanol–water partition coefficient (Wildman–Crippen LogP) is 1.54. The molecule has 0 unspecified atom stereocenters. The number of benzene rings is 1. The van der Waals surface area contributed by atoms with Gasteiger partial charge in [-0.05, 0) is 37.0 Å². The van der Waals surface area contributed by atoms with Gasteiger partial charge in [0.1, 0.15) is 5.75 Å². The number of fused-ring (bicyclic) bond motifs is 2. The highest BCUT2D eigenvalue weighted by atomic mass is 16.6.